The van der Waals surface area contributed by atoms with Gasteiger partial charge in [0.2, 0.25) is 0 Å². The summed E-state index contributed by atoms with van der Waals surface area (Å²) in [6.07, 6.45) is -4.27. The molecule has 1 aromatic rings. The average molecular weight is 244 g/mol. The summed E-state index contributed by atoms with van der Waals surface area (Å²) in [4.78, 5) is 0. The number of rotatable bonds is 2. The molecule has 0 bridgehead atoms. The van der Waals surface area contributed by atoms with Crippen LogP contribution in [0.25, 0.3) is 0 Å². The number of alkyl halides is 3. The van der Waals surface area contributed by atoms with Gasteiger partial charge in [-0.15, -0.1) is 0 Å². The lowest BCUT2D eigenvalue weighted by Gasteiger charge is -2.20. The van der Waals surface area contributed by atoms with Gasteiger partial charge in [0.15, 0.2) is 0 Å². The SMILES string of the molecule is Cc1cc(C(C)C)c(C(F)(F)F)cc1C(C)C. The van der Waals surface area contributed by atoms with E-state index < -0.39 is 11.7 Å². The van der Waals surface area contributed by atoms with Gasteiger partial charge in [0.1, 0.15) is 0 Å². The molecule has 3 heteroatoms. The van der Waals surface area contributed by atoms with Crippen LogP contribution in [-0.4, -0.2) is 0 Å². The molecule has 0 amide bonds. The first-order valence-electron chi connectivity index (χ1n) is 5.86. The van der Waals surface area contributed by atoms with Crippen LogP contribution in [0.15, 0.2) is 12.1 Å². The van der Waals surface area contributed by atoms with Gasteiger partial charge in [-0.25, -0.2) is 0 Å². The molecule has 0 aliphatic carbocycles. The fourth-order valence-electron chi connectivity index (χ4n) is 2.09. The minimum Gasteiger partial charge on any atom is -0.166 e. The third kappa shape index (κ3) is 3.02. The van der Waals surface area contributed by atoms with Gasteiger partial charge in [0.05, 0.1) is 5.56 Å². The summed E-state index contributed by atoms with van der Waals surface area (Å²) in [5.41, 5.74) is 1.62. The Morgan fingerprint density at radius 2 is 1.35 bits per heavy atom. The summed E-state index contributed by atoms with van der Waals surface area (Å²) in [7, 11) is 0. The highest BCUT2D eigenvalue weighted by Gasteiger charge is 2.34. The molecule has 0 aliphatic rings. The van der Waals surface area contributed by atoms with Crippen molar-refractivity contribution in [2.45, 2.75) is 52.6 Å². The maximum Gasteiger partial charge on any atom is 0.416 e. The van der Waals surface area contributed by atoms with Crippen LogP contribution in [-0.2, 0) is 6.18 Å². The fraction of sp³-hybridized carbons (Fsp3) is 0.571. The molecule has 0 saturated heterocycles. The lowest BCUT2D eigenvalue weighted by molar-refractivity contribution is -0.138. The molecule has 0 spiro atoms. The van der Waals surface area contributed by atoms with E-state index in [0.29, 0.717) is 5.56 Å². The molecule has 0 fully saturated rings. The van der Waals surface area contributed by atoms with Crippen molar-refractivity contribution < 1.29 is 13.2 Å². The maximum absolute atomic E-state index is 13.0. The van der Waals surface area contributed by atoms with Gasteiger partial charge >= 0.3 is 6.18 Å². The van der Waals surface area contributed by atoms with Crippen molar-refractivity contribution in [1.29, 1.82) is 0 Å². The molecule has 1 aromatic carbocycles. The molecule has 96 valence electrons. The molecular formula is C14H19F3. The van der Waals surface area contributed by atoms with E-state index in [-0.39, 0.29) is 11.8 Å². The van der Waals surface area contributed by atoms with Gasteiger partial charge in [-0.3, -0.25) is 0 Å². The van der Waals surface area contributed by atoms with E-state index in [1.807, 2.05) is 20.8 Å². The summed E-state index contributed by atoms with van der Waals surface area (Å²) in [6.45, 7) is 9.29. The van der Waals surface area contributed by atoms with Gasteiger partial charge in [-0.1, -0.05) is 33.8 Å². The van der Waals surface area contributed by atoms with Crippen molar-refractivity contribution in [3.05, 3.63) is 34.4 Å². The lowest BCUT2D eigenvalue weighted by atomic mass is 9.88. The van der Waals surface area contributed by atoms with Crippen molar-refractivity contribution >= 4 is 0 Å². The summed E-state index contributed by atoms with van der Waals surface area (Å²) >= 11 is 0. The van der Waals surface area contributed by atoms with Crippen LogP contribution in [0.2, 0.25) is 0 Å². The largest absolute Gasteiger partial charge is 0.416 e. The smallest absolute Gasteiger partial charge is 0.166 e. The zero-order chi connectivity index (χ0) is 13.4. The normalized spacial score (nSPS) is 12.6. The van der Waals surface area contributed by atoms with Crippen LogP contribution < -0.4 is 0 Å². The molecule has 0 saturated carbocycles. The lowest BCUT2D eigenvalue weighted by Crippen LogP contribution is -2.12. The summed E-state index contributed by atoms with van der Waals surface area (Å²) in [5.74, 6) is -0.0103. The predicted octanol–water partition coefficient (Wildman–Crippen LogP) is 5.26. The highest BCUT2D eigenvalue weighted by molar-refractivity contribution is 5.42. The second-order valence-electron chi connectivity index (χ2n) is 5.10. The van der Waals surface area contributed by atoms with Crippen LogP contribution in [0, 0.1) is 6.92 Å². The van der Waals surface area contributed by atoms with E-state index in [9.17, 15) is 13.2 Å². The summed E-state index contributed by atoms with van der Waals surface area (Å²) in [6, 6.07) is 3.00. The first-order chi connectivity index (χ1) is 7.64. The van der Waals surface area contributed by atoms with Gasteiger partial charge in [0, 0.05) is 0 Å². The van der Waals surface area contributed by atoms with Gasteiger partial charge in [-0.2, -0.15) is 13.2 Å². The molecule has 0 heterocycles. The van der Waals surface area contributed by atoms with Crippen LogP contribution in [0.5, 0.6) is 0 Å². The first kappa shape index (κ1) is 14.1. The minimum absolute atomic E-state index is 0.109. The van der Waals surface area contributed by atoms with E-state index in [2.05, 4.69) is 0 Å². The van der Waals surface area contributed by atoms with E-state index in [4.69, 9.17) is 0 Å². The Balaban J connectivity index is 3.48. The van der Waals surface area contributed by atoms with Crippen LogP contribution in [0.3, 0.4) is 0 Å². The maximum atomic E-state index is 13.0. The minimum atomic E-state index is -4.27. The Morgan fingerprint density at radius 1 is 0.882 bits per heavy atom. The average Bonchev–Trinajstić information content (AvgIpc) is 2.14. The zero-order valence-electron chi connectivity index (χ0n) is 10.9. The highest BCUT2D eigenvalue weighted by Crippen LogP contribution is 2.38. The number of hydrogen-bond donors (Lipinski definition) is 0. The second-order valence-corrected chi connectivity index (χ2v) is 5.10. The Bertz CT molecular complexity index is 401. The number of halogens is 3. The van der Waals surface area contributed by atoms with Crippen molar-refractivity contribution in [2.75, 3.05) is 0 Å². The molecular weight excluding hydrogens is 225 g/mol. The predicted molar refractivity (Wildman–Crippen MR) is 64.4 cm³/mol. The third-order valence-corrected chi connectivity index (χ3v) is 2.99. The van der Waals surface area contributed by atoms with Crippen LogP contribution >= 0.6 is 0 Å². The van der Waals surface area contributed by atoms with E-state index >= 15 is 0 Å². The summed E-state index contributed by atoms with van der Waals surface area (Å²) < 4.78 is 39.0. The summed E-state index contributed by atoms with van der Waals surface area (Å²) in [5, 5.41) is 0. The van der Waals surface area contributed by atoms with Crippen LogP contribution in [0.1, 0.15) is 61.8 Å². The Morgan fingerprint density at radius 3 is 1.71 bits per heavy atom. The van der Waals surface area contributed by atoms with Crippen molar-refractivity contribution in [3.63, 3.8) is 0 Å². The number of benzene rings is 1. The quantitative estimate of drug-likeness (QED) is 0.665. The molecule has 0 nitrogen and oxygen atoms in total. The molecule has 1 rings (SSSR count). The van der Waals surface area contributed by atoms with Crippen LogP contribution in [0.4, 0.5) is 13.2 Å². The molecule has 0 unspecified atom stereocenters. The van der Waals surface area contributed by atoms with Gasteiger partial charge < -0.3 is 0 Å². The van der Waals surface area contributed by atoms with Crippen molar-refractivity contribution in [3.8, 4) is 0 Å². The zero-order valence-corrected chi connectivity index (χ0v) is 10.9. The fourth-order valence-corrected chi connectivity index (χ4v) is 2.09. The van der Waals surface area contributed by atoms with E-state index in [0.717, 1.165) is 11.1 Å². The second kappa shape index (κ2) is 4.71. The number of aryl methyl sites for hydroxylation is 1. The van der Waals surface area contributed by atoms with Gasteiger partial charge in [-0.05, 0) is 41.5 Å². The molecule has 0 N–H and O–H groups in total. The Kier molecular flexibility index (Phi) is 3.90. The molecule has 0 atom stereocenters. The monoisotopic (exact) mass is 244 g/mol. The van der Waals surface area contributed by atoms with E-state index in [1.54, 1.807) is 19.9 Å². The Hall–Kier alpha value is -0.990. The topological polar surface area (TPSA) is 0 Å². The molecule has 0 aromatic heterocycles. The standard InChI is InChI=1S/C14H19F3/c1-8(2)11-7-13(14(15,16)17)12(9(3)4)6-10(11)5/h6-9H,1-5H3. The Labute approximate surface area is 101 Å². The van der Waals surface area contributed by atoms with E-state index in [1.165, 1.54) is 6.07 Å². The molecule has 17 heavy (non-hydrogen) atoms. The highest BCUT2D eigenvalue weighted by atomic mass is 19.4. The number of hydrogen-bond acceptors (Lipinski definition) is 0. The van der Waals surface area contributed by atoms with Crippen molar-refractivity contribution in [1.82, 2.24) is 0 Å². The molecule has 0 aliphatic heterocycles. The van der Waals surface area contributed by atoms with Crippen molar-refractivity contribution in [2.24, 2.45) is 0 Å². The molecule has 0 radical (unpaired) electrons. The third-order valence-electron chi connectivity index (χ3n) is 2.99. The van der Waals surface area contributed by atoms with Gasteiger partial charge in [0.25, 0.3) is 0 Å². The first-order valence-corrected chi connectivity index (χ1v) is 5.86.